The largest absolute Gasteiger partial charge is 0.356 e. The number of fused-ring (bicyclic) bond motifs is 1. The highest BCUT2D eigenvalue weighted by Gasteiger charge is 2.20. The molecule has 28 heavy (non-hydrogen) atoms. The highest BCUT2D eigenvalue weighted by atomic mass is 16.2. The fourth-order valence-corrected chi connectivity index (χ4v) is 3.87. The second-order valence-corrected chi connectivity index (χ2v) is 7.57. The number of hydrogen-bond acceptors (Lipinski definition) is 2. The average Bonchev–Trinajstić information content (AvgIpc) is 3.30. The van der Waals surface area contributed by atoms with Crippen molar-refractivity contribution in [3.05, 3.63) is 65.4 Å². The van der Waals surface area contributed by atoms with Crippen LogP contribution in [0.25, 0.3) is 10.9 Å². The summed E-state index contributed by atoms with van der Waals surface area (Å²) >= 11 is 0. The Morgan fingerprint density at radius 3 is 2.50 bits per heavy atom. The minimum absolute atomic E-state index is 0.00992. The van der Waals surface area contributed by atoms with Crippen molar-refractivity contribution in [1.82, 2.24) is 10.3 Å². The molecular formula is C23H25N3O2. The molecule has 0 spiro atoms. The Balaban J connectivity index is 1.58. The Morgan fingerprint density at radius 2 is 1.75 bits per heavy atom. The van der Waals surface area contributed by atoms with Crippen LogP contribution in [0, 0.1) is 6.92 Å². The van der Waals surface area contributed by atoms with E-state index >= 15 is 0 Å². The number of nitrogens with one attached hydrogen (secondary N) is 3. The molecule has 1 heterocycles. The molecule has 144 valence electrons. The Hall–Kier alpha value is -3.08. The number of rotatable bonds is 5. The van der Waals surface area contributed by atoms with Gasteiger partial charge in [-0.3, -0.25) is 9.59 Å². The van der Waals surface area contributed by atoms with Gasteiger partial charge in [-0.15, -0.1) is 0 Å². The van der Waals surface area contributed by atoms with Crippen molar-refractivity contribution < 1.29 is 9.59 Å². The van der Waals surface area contributed by atoms with Crippen LogP contribution in [0.1, 0.15) is 47.3 Å². The highest BCUT2D eigenvalue weighted by molar-refractivity contribution is 6.10. The number of anilines is 1. The van der Waals surface area contributed by atoms with Gasteiger partial charge in [-0.05, 0) is 38.0 Å². The molecule has 5 heteroatoms. The van der Waals surface area contributed by atoms with E-state index in [1.165, 1.54) is 12.8 Å². The summed E-state index contributed by atoms with van der Waals surface area (Å²) in [5, 5.41) is 7.05. The highest BCUT2D eigenvalue weighted by Crippen LogP contribution is 2.29. The molecule has 0 radical (unpaired) electrons. The quantitative estimate of drug-likeness (QED) is 0.621. The molecule has 2 aromatic carbocycles. The smallest absolute Gasteiger partial charge is 0.255 e. The van der Waals surface area contributed by atoms with Gasteiger partial charge in [0.15, 0.2) is 0 Å². The van der Waals surface area contributed by atoms with Gasteiger partial charge in [0.05, 0.1) is 12.1 Å². The van der Waals surface area contributed by atoms with E-state index in [0.29, 0.717) is 11.3 Å². The zero-order valence-electron chi connectivity index (χ0n) is 16.0. The third kappa shape index (κ3) is 3.93. The number of aryl methyl sites for hydroxylation is 1. The lowest BCUT2D eigenvalue weighted by molar-refractivity contribution is -0.121. The zero-order valence-corrected chi connectivity index (χ0v) is 16.0. The monoisotopic (exact) mass is 375 g/mol. The second-order valence-electron chi connectivity index (χ2n) is 7.57. The molecule has 1 saturated carbocycles. The molecule has 2 amide bonds. The third-order valence-corrected chi connectivity index (χ3v) is 5.39. The zero-order chi connectivity index (χ0) is 19.5. The summed E-state index contributed by atoms with van der Waals surface area (Å²) in [6, 6.07) is 15.5. The first kappa shape index (κ1) is 18.3. The van der Waals surface area contributed by atoms with Crippen LogP contribution >= 0.6 is 0 Å². The van der Waals surface area contributed by atoms with Crippen LogP contribution in [0.3, 0.4) is 0 Å². The van der Waals surface area contributed by atoms with Crippen molar-refractivity contribution in [2.24, 2.45) is 0 Å². The molecule has 0 unspecified atom stereocenters. The molecule has 1 fully saturated rings. The van der Waals surface area contributed by atoms with Crippen LogP contribution in [0.5, 0.6) is 0 Å². The van der Waals surface area contributed by atoms with Crippen LogP contribution in [0.4, 0.5) is 5.69 Å². The summed E-state index contributed by atoms with van der Waals surface area (Å²) < 4.78 is 0. The topological polar surface area (TPSA) is 74.0 Å². The molecule has 1 aromatic heterocycles. The number of para-hydroxylation sites is 1. The molecule has 4 rings (SSSR count). The molecule has 1 aliphatic rings. The minimum atomic E-state index is -0.179. The van der Waals surface area contributed by atoms with Gasteiger partial charge in [-0.1, -0.05) is 48.7 Å². The fourth-order valence-electron chi connectivity index (χ4n) is 3.87. The normalized spacial score (nSPS) is 14.3. The summed E-state index contributed by atoms with van der Waals surface area (Å²) in [5.41, 5.74) is 4.02. The van der Waals surface area contributed by atoms with Gasteiger partial charge in [0, 0.05) is 28.2 Å². The van der Waals surface area contributed by atoms with Gasteiger partial charge in [0.25, 0.3) is 5.91 Å². The number of aromatic amines is 1. The Labute approximate surface area is 164 Å². The van der Waals surface area contributed by atoms with Crippen LogP contribution in [0.2, 0.25) is 0 Å². The van der Waals surface area contributed by atoms with E-state index in [-0.39, 0.29) is 24.3 Å². The number of carbonyl (C=O) groups is 2. The molecule has 0 saturated heterocycles. The summed E-state index contributed by atoms with van der Waals surface area (Å²) in [6.07, 6.45) is 4.67. The SMILES string of the molecule is Cc1ccc(C(=O)Nc2c(CC(=O)NC3CCCC3)[nH]c3ccccc23)cc1. The summed E-state index contributed by atoms with van der Waals surface area (Å²) in [6.45, 7) is 1.99. The van der Waals surface area contributed by atoms with Crippen LogP contribution in [0.15, 0.2) is 48.5 Å². The van der Waals surface area contributed by atoms with Gasteiger partial charge in [0.2, 0.25) is 5.91 Å². The van der Waals surface area contributed by atoms with Crippen LogP contribution in [-0.2, 0) is 11.2 Å². The molecule has 0 aliphatic heterocycles. The van der Waals surface area contributed by atoms with Crippen molar-refractivity contribution in [1.29, 1.82) is 0 Å². The third-order valence-electron chi connectivity index (χ3n) is 5.39. The fraction of sp³-hybridized carbons (Fsp3) is 0.304. The Morgan fingerprint density at radius 1 is 1.04 bits per heavy atom. The van der Waals surface area contributed by atoms with E-state index < -0.39 is 0 Å². The summed E-state index contributed by atoms with van der Waals surface area (Å²) in [4.78, 5) is 28.6. The maximum Gasteiger partial charge on any atom is 0.255 e. The summed E-state index contributed by atoms with van der Waals surface area (Å²) in [7, 11) is 0. The predicted octanol–water partition coefficient (Wildman–Crippen LogP) is 4.33. The van der Waals surface area contributed by atoms with Crippen molar-refractivity contribution in [2.75, 3.05) is 5.32 Å². The number of amides is 2. The summed E-state index contributed by atoms with van der Waals surface area (Å²) in [5.74, 6) is -0.188. The number of H-pyrrole nitrogens is 1. The van der Waals surface area contributed by atoms with Crippen LogP contribution < -0.4 is 10.6 Å². The molecule has 0 bridgehead atoms. The van der Waals surface area contributed by atoms with Crippen LogP contribution in [-0.4, -0.2) is 22.8 Å². The van der Waals surface area contributed by atoms with Gasteiger partial charge in [0.1, 0.15) is 0 Å². The molecule has 3 N–H and O–H groups in total. The maximum atomic E-state index is 12.8. The Bertz CT molecular complexity index is 998. The number of hydrogen-bond donors (Lipinski definition) is 3. The Kier molecular flexibility index (Phi) is 5.15. The van der Waals surface area contributed by atoms with E-state index in [0.717, 1.165) is 35.0 Å². The van der Waals surface area contributed by atoms with Gasteiger partial charge >= 0.3 is 0 Å². The molecule has 3 aromatic rings. The maximum absolute atomic E-state index is 12.8. The predicted molar refractivity (Wildman–Crippen MR) is 112 cm³/mol. The van der Waals surface area contributed by atoms with Gasteiger partial charge < -0.3 is 15.6 Å². The van der Waals surface area contributed by atoms with E-state index in [4.69, 9.17) is 0 Å². The molecule has 5 nitrogen and oxygen atoms in total. The lowest BCUT2D eigenvalue weighted by Gasteiger charge is -2.12. The van der Waals surface area contributed by atoms with Gasteiger partial charge in [-0.2, -0.15) is 0 Å². The average molecular weight is 375 g/mol. The first-order valence-electron chi connectivity index (χ1n) is 9.87. The second kappa shape index (κ2) is 7.89. The number of benzene rings is 2. The molecule has 1 aliphatic carbocycles. The first-order chi connectivity index (χ1) is 13.6. The van der Waals surface area contributed by atoms with E-state index in [1.807, 2.05) is 55.5 Å². The number of carbonyl (C=O) groups excluding carboxylic acids is 2. The lowest BCUT2D eigenvalue weighted by Crippen LogP contribution is -2.34. The molecular weight excluding hydrogens is 350 g/mol. The molecule has 0 atom stereocenters. The standard InChI is InChI=1S/C23H25N3O2/c1-15-10-12-16(13-11-15)23(28)26-22-18-8-4-5-9-19(18)25-20(22)14-21(27)24-17-6-2-3-7-17/h4-5,8-13,17,25H,2-3,6-7,14H2,1H3,(H,24,27)(H,26,28). The van der Waals surface area contributed by atoms with Crippen molar-refractivity contribution in [2.45, 2.75) is 45.1 Å². The minimum Gasteiger partial charge on any atom is -0.356 e. The van der Waals surface area contributed by atoms with Crippen molar-refractivity contribution >= 4 is 28.4 Å². The first-order valence-corrected chi connectivity index (χ1v) is 9.87. The van der Waals surface area contributed by atoms with E-state index in [2.05, 4.69) is 15.6 Å². The lowest BCUT2D eigenvalue weighted by atomic mass is 10.1. The van der Waals surface area contributed by atoms with E-state index in [1.54, 1.807) is 0 Å². The van der Waals surface area contributed by atoms with Crippen molar-refractivity contribution in [3.8, 4) is 0 Å². The van der Waals surface area contributed by atoms with Crippen molar-refractivity contribution in [3.63, 3.8) is 0 Å². The number of aromatic nitrogens is 1. The van der Waals surface area contributed by atoms with Gasteiger partial charge in [-0.25, -0.2) is 0 Å². The van der Waals surface area contributed by atoms with E-state index in [9.17, 15) is 9.59 Å².